The lowest BCUT2D eigenvalue weighted by Gasteiger charge is -2.25. The van der Waals surface area contributed by atoms with E-state index in [1.165, 1.54) is 0 Å². The van der Waals surface area contributed by atoms with E-state index >= 15 is 0 Å². The highest BCUT2D eigenvalue weighted by molar-refractivity contribution is 6.42. The van der Waals surface area contributed by atoms with Crippen molar-refractivity contribution in [1.29, 1.82) is 0 Å². The fourth-order valence-corrected chi connectivity index (χ4v) is 3.88. The molecule has 0 radical (unpaired) electrons. The van der Waals surface area contributed by atoms with Crippen molar-refractivity contribution in [2.45, 2.75) is 25.3 Å². The molecule has 2 aliphatic heterocycles. The number of halogens is 2. The summed E-state index contributed by atoms with van der Waals surface area (Å²) in [5.74, 6) is 1.98. The van der Waals surface area contributed by atoms with Crippen LogP contribution in [0.3, 0.4) is 0 Å². The molecule has 7 heteroatoms. The van der Waals surface area contributed by atoms with E-state index in [9.17, 15) is 4.79 Å². The first-order valence-corrected chi connectivity index (χ1v) is 10.1. The summed E-state index contributed by atoms with van der Waals surface area (Å²) in [6.45, 7) is 1.97. The first-order valence-electron chi connectivity index (χ1n) is 9.39. The first-order chi connectivity index (χ1) is 13.6. The van der Waals surface area contributed by atoms with E-state index in [0.29, 0.717) is 35.6 Å². The van der Waals surface area contributed by atoms with E-state index in [4.69, 9.17) is 37.4 Å². The van der Waals surface area contributed by atoms with Crippen molar-refractivity contribution in [2.75, 3.05) is 26.4 Å². The van der Waals surface area contributed by atoms with Gasteiger partial charge in [0.2, 0.25) is 0 Å². The smallest absolute Gasteiger partial charge is 0.261 e. The van der Waals surface area contributed by atoms with Gasteiger partial charge in [0.25, 0.3) is 5.91 Å². The number of hydrogen-bond donors (Lipinski definition) is 0. The van der Waals surface area contributed by atoms with E-state index in [-0.39, 0.29) is 18.6 Å². The molecule has 1 fully saturated rings. The Morgan fingerprint density at radius 1 is 1.04 bits per heavy atom. The largest absolute Gasteiger partial charge is 0.490 e. The van der Waals surface area contributed by atoms with Crippen LogP contribution in [0.2, 0.25) is 10.0 Å². The fourth-order valence-electron chi connectivity index (χ4n) is 3.59. The van der Waals surface area contributed by atoms with Crippen molar-refractivity contribution >= 4 is 29.1 Å². The average molecular weight is 422 g/mol. The molecule has 5 nitrogen and oxygen atoms in total. The number of rotatable bonds is 4. The Morgan fingerprint density at radius 3 is 2.68 bits per heavy atom. The van der Waals surface area contributed by atoms with Crippen molar-refractivity contribution in [3.63, 3.8) is 0 Å². The number of benzene rings is 2. The highest BCUT2D eigenvalue weighted by atomic mass is 35.5. The molecule has 0 bridgehead atoms. The third kappa shape index (κ3) is 4.15. The van der Waals surface area contributed by atoms with Gasteiger partial charge in [0.15, 0.2) is 18.1 Å². The molecular weight excluding hydrogens is 401 g/mol. The maximum absolute atomic E-state index is 12.8. The molecule has 2 aliphatic rings. The number of carbonyl (C=O) groups excluding carboxylic acids is 1. The van der Waals surface area contributed by atoms with Gasteiger partial charge in [-0.25, -0.2) is 0 Å². The van der Waals surface area contributed by atoms with Crippen molar-refractivity contribution in [3.05, 3.63) is 52.0 Å². The van der Waals surface area contributed by atoms with E-state index in [1.54, 1.807) is 18.2 Å². The lowest BCUT2D eigenvalue weighted by Crippen LogP contribution is -2.34. The molecule has 1 amide bonds. The molecule has 4 rings (SSSR count). The van der Waals surface area contributed by atoms with Crippen LogP contribution < -0.4 is 14.2 Å². The molecule has 2 aromatic carbocycles. The molecule has 0 saturated carbocycles. The number of likely N-dealkylation sites (tertiary alicyclic amines) is 1. The van der Waals surface area contributed by atoms with Gasteiger partial charge in [-0.15, -0.1) is 0 Å². The fraction of sp³-hybridized carbons (Fsp3) is 0.381. The summed E-state index contributed by atoms with van der Waals surface area (Å²) in [6.07, 6.45) is 2.74. The van der Waals surface area contributed by atoms with Gasteiger partial charge < -0.3 is 19.1 Å². The summed E-state index contributed by atoms with van der Waals surface area (Å²) in [5, 5.41) is 0.854. The van der Waals surface area contributed by atoms with Crippen LogP contribution in [0, 0.1) is 0 Å². The average Bonchev–Trinajstić information content (AvgIpc) is 3.07. The van der Waals surface area contributed by atoms with Gasteiger partial charge in [0.1, 0.15) is 5.75 Å². The van der Waals surface area contributed by atoms with E-state index < -0.39 is 0 Å². The molecule has 2 heterocycles. The van der Waals surface area contributed by atoms with Crippen LogP contribution in [-0.2, 0) is 4.79 Å². The Kier molecular flexibility index (Phi) is 5.83. The Hall–Kier alpha value is -2.11. The summed E-state index contributed by atoms with van der Waals surface area (Å²) in [7, 11) is 0. The van der Waals surface area contributed by atoms with Gasteiger partial charge >= 0.3 is 0 Å². The van der Waals surface area contributed by atoms with Crippen LogP contribution in [0.15, 0.2) is 36.4 Å². The maximum Gasteiger partial charge on any atom is 0.261 e. The summed E-state index contributed by atoms with van der Waals surface area (Å²) >= 11 is 11.9. The number of fused-ring (bicyclic) bond motifs is 1. The second-order valence-electron chi connectivity index (χ2n) is 6.87. The monoisotopic (exact) mass is 421 g/mol. The van der Waals surface area contributed by atoms with Gasteiger partial charge in [0.05, 0.1) is 29.3 Å². The van der Waals surface area contributed by atoms with Crippen LogP contribution in [0.5, 0.6) is 17.2 Å². The van der Waals surface area contributed by atoms with E-state index in [0.717, 1.165) is 36.3 Å². The number of hydrogen-bond acceptors (Lipinski definition) is 4. The first kappa shape index (κ1) is 19.2. The molecule has 0 aromatic heterocycles. The number of nitrogens with zero attached hydrogens (tertiary/aromatic N) is 1. The number of ether oxygens (including phenoxy) is 3. The zero-order chi connectivity index (χ0) is 19.5. The van der Waals surface area contributed by atoms with Crippen LogP contribution in [0.1, 0.15) is 30.9 Å². The SMILES string of the molecule is O=C(COc1ccc(Cl)c(Cl)c1)N1CCCC1c1ccc2c(c1)OCCCO2. The molecule has 28 heavy (non-hydrogen) atoms. The molecule has 148 valence electrons. The summed E-state index contributed by atoms with van der Waals surface area (Å²) in [6, 6.07) is 10.9. The number of amides is 1. The van der Waals surface area contributed by atoms with E-state index in [2.05, 4.69) is 0 Å². The molecular formula is C21H21Cl2NO4. The second-order valence-corrected chi connectivity index (χ2v) is 7.68. The molecule has 0 N–H and O–H groups in total. The van der Waals surface area contributed by atoms with Gasteiger partial charge in [0, 0.05) is 19.0 Å². The number of carbonyl (C=O) groups is 1. The zero-order valence-corrected chi connectivity index (χ0v) is 16.8. The van der Waals surface area contributed by atoms with Gasteiger partial charge in [-0.2, -0.15) is 0 Å². The van der Waals surface area contributed by atoms with E-state index in [1.807, 2.05) is 23.1 Å². The van der Waals surface area contributed by atoms with Gasteiger partial charge in [-0.05, 0) is 42.7 Å². The van der Waals surface area contributed by atoms with Crippen LogP contribution in [0.25, 0.3) is 0 Å². The predicted molar refractivity (Wildman–Crippen MR) is 108 cm³/mol. The summed E-state index contributed by atoms with van der Waals surface area (Å²) < 4.78 is 17.1. The molecule has 0 spiro atoms. The standard InChI is InChI=1S/C21H21Cl2NO4/c22-16-6-5-15(12-17(16)23)28-13-21(25)24-8-1-3-18(24)14-4-7-19-20(11-14)27-10-2-9-26-19/h4-7,11-12,18H,1-3,8-10,13H2. The third-order valence-electron chi connectivity index (χ3n) is 4.98. The quantitative estimate of drug-likeness (QED) is 0.704. The minimum atomic E-state index is -0.0549. The molecule has 0 aliphatic carbocycles. The lowest BCUT2D eigenvalue weighted by molar-refractivity contribution is -0.134. The Bertz CT molecular complexity index is 873. The van der Waals surface area contributed by atoms with Crippen molar-refractivity contribution < 1.29 is 19.0 Å². The lowest BCUT2D eigenvalue weighted by atomic mass is 10.0. The Morgan fingerprint density at radius 2 is 1.86 bits per heavy atom. The third-order valence-corrected chi connectivity index (χ3v) is 5.72. The van der Waals surface area contributed by atoms with Gasteiger partial charge in [-0.1, -0.05) is 29.3 Å². The highest BCUT2D eigenvalue weighted by Gasteiger charge is 2.31. The highest BCUT2D eigenvalue weighted by Crippen LogP contribution is 2.38. The van der Waals surface area contributed by atoms with Crippen LogP contribution >= 0.6 is 23.2 Å². The van der Waals surface area contributed by atoms with Crippen molar-refractivity contribution in [3.8, 4) is 17.2 Å². The summed E-state index contributed by atoms with van der Waals surface area (Å²) in [4.78, 5) is 14.7. The Labute approximate surface area is 174 Å². The minimum absolute atomic E-state index is 0.0158. The topological polar surface area (TPSA) is 48.0 Å². The molecule has 1 saturated heterocycles. The Balaban J connectivity index is 1.44. The van der Waals surface area contributed by atoms with Crippen molar-refractivity contribution in [2.24, 2.45) is 0 Å². The second kappa shape index (κ2) is 8.50. The molecule has 1 unspecified atom stereocenters. The van der Waals surface area contributed by atoms with Crippen LogP contribution in [0.4, 0.5) is 0 Å². The normalized spacial score (nSPS) is 18.6. The zero-order valence-electron chi connectivity index (χ0n) is 15.3. The van der Waals surface area contributed by atoms with Gasteiger partial charge in [-0.3, -0.25) is 4.79 Å². The maximum atomic E-state index is 12.8. The molecule has 2 aromatic rings. The van der Waals surface area contributed by atoms with Crippen molar-refractivity contribution in [1.82, 2.24) is 4.90 Å². The molecule has 1 atom stereocenters. The minimum Gasteiger partial charge on any atom is -0.490 e. The summed E-state index contributed by atoms with van der Waals surface area (Å²) in [5.41, 5.74) is 1.06. The predicted octanol–water partition coefficient (Wildman–Crippen LogP) is 4.90. The van der Waals surface area contributed by atoms with Crippen LogP contribution in [-0.4, -0.2) is 37.2 Å².